The van der Waals surface area contributed by atoms with Gasteiger partial charge in [-0.25, -0.2) is 4.98 Å². The molecule has 124 valence electrons. The van der Waals surface area contributed by atoms with E-state index in [4.69, 9.17) is 9.47 Å². The molecule has 0 amide bonds. The fourth-order valence-corrected chi connectivity index (χ4v) is 2.38. The summed E-state index contributed by atoms with van der Waals surface area (Å²) in [6, 6.07) is 4.37. The van der Waals surface area contributed by atoms with Gasteiger partial charge in [-0.3, -0.25) is 0 Å². The minimum absolute atomic E-state index is 0.149. The zero-order valence-electron chi connectivity index (χ0n) is 14.8. The first-order valence-electron chi connectivity index (χ1n) is 8.14. The molecular weight excluding hydrogens is 276 g/mol. The highest BCUT2D eigenvalue weighted by atomic mass is 16.5. The van der Waals surface area contributed by atoms with Crippen molar-refractivity contribution >= 4 is 0 Å². The summed E-state index contributed by atoms with van der Waals surface area (Å²) in [4.78, 5) is 4.33. The number of hydrogen-bond donors (Lipinski definition) is 1. The van der Waals surface area contributed by atoms with Crippen LogP contribution in [0, 0.1) is 5.41 Å². The lowest BCUT2D eigenvalue weighted by atomic mass is 9.87. The summed E-state index contributed by atoms with van der Waals surface area (Å²) in [5.74, 6) is 1.48. The number of pyridine rings is 1. The molecule has 0 aromatic carbocycles. The molecule has 1 N–H and O–H groups in total. The molecule has 0 atom stereocenters. The van der Waals surface area contributed by atoms with Gasteiger partial charge in [-0.15, -0.1) is 0 Å². The minimum atomic E-state index is 0.149. The Kier molecular flexibility index (Phi) is 5.00. The molecule has 0 saturated heterocycles. The molecule has 4 heteroatoms. The van der Waals surface area contributed by atoms with Gasteiger partial charge in [0.15, 0.2) is 0 Å². The van der Waals surface area contributed by atoms with Gasteiger partial charge in [-0.1, -0.05) is 20.8 Å². The maximum Gasteiger partial charge on any atom is 0.213 e. The molecular formula is C18H30N2O2. The molecule has 2 rings (SSSR count). The van der Waals surface area contributed by atoms with Crippen LogP contribution in [0.2, 0.25) is 0 Å². The van der Waals surface area contributed by atoms with E-state index in [0.29, 0.717) is 18.5 Å². The van der Waals surface area contributed by atoms with Gasteiger partial charge in [0.25, 0.3) is 0 Å². The van der Waals surface area contributed by atoms with Crippen LogP contribution in [0.4, 0.5) is 0 Å². The highest BCUT2D eigenvalue weighted by molar-refractivity contribution is 5.23. The monoisotopic (exact) mass is 306 g/mol. The number of rotatable bonds is 5. The number of ether oxygens (including phenoxy) is 2. The summed E-state index contributed by atoms with van der Waals surface area (Å²) in [6.07, 6.45) is 4.10. The third-order valence-corrected chi connectivity index (χ3v) is 3.40. The van der Waals surface area contributed by atoms with Crippen LogP contribution in [-0.2, 0) is 0 Å². The van der Waals surface area contributed by atoms with Crippen molar-refractivity contribution in [3.63, 3.8) is 0 Å². The molecule has 0 bridgehead atoms. The van der Waals surface area contributed by atoms with Gasteiger partial charge >= 0.3 is 0 Å². The number of nitrogens with one attached hydrogen (secondary N) is 1. The SMILES string of the molecule is CC(C)(C)COc1ccc(O[C@H]2C[C@H](NC(C)(C)C)C2)nc1. The molecule has 1 aromatic rings. The van der Waals surface area contributed by atoms with Crippen LogP contribution >= 0.6 is 0 Å². The quantitative estimate of drug-likeness (QED) is 0.898. The van der Waals surface area contributed by atoms with E-state index in [1.54, 1.807) is 6.20 Å². The Morgan fingerprint density at radius 2 is 1.82 bits per heavy atom. The van der Waals surface area contributed by atoms with Crippen molar-refractivity contribution < 1.29 is 9.47 Å². The molecule has 0 unspecified atom stereocenters. The topological polar surface area (TPSA) is 43.4 Å². The Balaban J connectivity index is 1.74. The fraction of sp³-hybridized carbons (Fsp3) is 0.722. The van der Waals surface area contributed by atoms with E-state index in [1.165, 1.54) is 0 Å². The van der Waals surface area contributed by atoms with Gasteiger partial charge in [0.05, 0.1) is 12.8 Å². The number of nitrogens with zero attached hydrogens (tertiary/aromatic N) is 1. The van der Waals surface area contributed by atoms with Gasteiger partial charge in [0.2, 0.25) is 5.88 Å². The lowest BCUT2D eigenvalue weighted by Gasteiger charge is -2.39. The first kappa shape index (κ1) is 17.1. The van der Waals surface area contributed by atoms with Gasteiger partial charge in [-0.2, -0.15) is 0 Å². The van der Waals surface area contributed by atoms with E-state index in [9.17, 15) is 0 Å². The Morgan fingerprint density at radius 3 is 2.32 bits per heavy atom. The second-order valence-corrected chi connectivity index (χ2v) is 8.48. The van der Waals surface area contributed by atoms with E-state index < -0.39 is 0 Å². The van der Waals surface area contributed by atoms with Crippen LogP contribution in [0.15, 0.2) is 18.3 Å². The molecule has 1 fully saturated rings. The standard InChI is InChI=1S/C18H30N2O2/c1-17(2,3)12-21-14-7-8-16(19-11-14)22-15-9-13(10-15)20-18(4,5)6/h7-8,11,13,15,20H,9-10,12H2,1-6H3/t13-,15-. The second kappa shape index (κ2) is 6.45. The van der Waals surface area contributed by atoms with Crippen LogP contribution in [0.5, 0.6) is 11.6 Å². The van der Waals surface area contributed by atoms with Gasteiger partial charge < -0.3 is 14.8 Å². The summed E-state index contributed by atoms with van der Waals surface area (Å²) in [5.41, 5.74) is 0.316. The largest absolute Gasteiger partial charge is 0.491 e. The normalized spacial score (nSPS) is 22.1. The molecule has 0 aliphatic heterocycles. The molecule has 0 radical (unpaired) electrons. The van der Waals surface area contributed by atoms with Gasteiger partial charge in [0, 0.05) is 17.6 Å². The van der Waals surface area contributed by atoms with Crippen molar-refractivity contribution in [2.24, 2.45) is 5.41 Å². The predicted octanol–water partition coefficient (Wildman–Crippen LogP) is 3.80. The van der Waals surface area contributed by atoms with Crippen LogP contribution in [0.1, 0.15) is 54.4 Å². The van der Waals surface area contributed by atoms with Crippen LogP contribution in [0.3, 0.4) is 0 Å². The number of hydrogen-bond acceptors (Lipinski definition) is 4. The second-order valence-electron chi connectivity index (χ2n) is 8.48. The molecule has 22 heavy (non-hydrogen) atoms. The Labute approximate surface area is 134 Å². The lowest BCUT2D eigenvalue weighted by molar-refractivity contribution is 0.0693. The average molecular weight is 306 g/mol. The van der Waals surface area contributed by atoms with E-state index in [1.807, 2.05) is 12.1 Å². The summed E-state index contributed by atoms with van der Waals surface area (Å²) in [6.45, 7) is 13.7. The maximum atomic E-state index is 5.89. The summed E-state index contributed by atoms with van der Waals surface area (Å²) in [5, 5.41) is 3.59. The predicted molar refractivity (Wildman–Crippen MR) is 89.5 cm³/mol. The molecule has 4 nitrogen and oxygen atoms in total. The third kappa shape index (κ3) is 5.84. The van der Waals surface area contributed by atoms with Gasteiger partial charge in [-0.05, 0) is 45.1 Å². The first-order chi connectivity index (χ1) is 10.1. The van der Waals surface area contributed by atoms with E-state index in [-0.39, 0.29) is 17.1 Å². The van der Waals surface area contributed by atoms with Crippen molar-refractivity contribution in [3.05, 3.63) is 18.3 Å². The minimum Gasteiger partial charge on any atom is -0.491 e. The summed E-state index contributed by atoms with van der Waals surface area (Å²) >= 11 is 0. The molecule has 0 spiro atoms. The van der Waals surface area contributed by atoms with Crippen LogP contribution in [-0.4, -0.2) is 29.3 Å². The van der Waals surface area contributed by atoms with Crippen LogP contribution in [0.25, 0.3) is 0 Å². The third-order valence-electron chi connectivity index (χ3n) is 3.40. The Hall–Kier alpha value is -1.29. The maximum absolute atomic E-state index is 5.89. The molecule has 1 aliphatic carbocycles. The zero-order valence-corrected chi connectivity index (χ0v) is 14.8. The van der Waals surface area contributed by atoms with E-state index >= 15 is 0 Å². The van der Waals surface area contributed by atoms with Crippen molar-refractivity contribution in [1.29, 1.82) is 0 Å². The van der Waals surface area contributed by atoms with Crippen molar-refractivity contribution in [3.8, 4) is 11.6 Å². The first-order valence-corrected chi connectivity index (χ1v) is 8.14. The van der Waals surface area contributed by atoms with Gasteiger partial charge in [0.1, 0.15) is 11.9 Å². The molecule has 1 saturated carbocycles. The highest BCUT2D eigenvalue weighted by Crippen LogP contribution is 2.27. The molecule has 1 aliphatic rings. The molecule has 1 heterocycles. The number of aromatic nitrogens is 1. The summed E-state index contributed by atoms with van der Waals surface area (Å²) in [7, 11) is 0. The highest BCUT2D eigenvalue weighted by Gasteiger charge is 2.33. The lowest BCUT2D eigenvalue weighted by Crippen LogP contribution is -2.53. The van der Waals surface area contributed by atoms with Crippen molar-refractivity contribution in [2.45, 2.75) is 72.1 Å². The fourth-order valence-electron chi connectivity index (χ4n) is 2.38. The molecule has 1 aromatic heterocycles. The Morgan fingerprint density at radius 1 is 1.14 bits per heavy atom. The van der Waals surface area contributed by atoms with Crippen molar-refractivity contribution in [1.82, 2.24) is 10.3 Å². The van der Waals surface area contributed by atoms with Crippen molar-refractivity contribution in [2.75, 3.05) is 6.61 Å². The zero-order chi connectivity index (χ0) is 16.4. The van der Waals surface area contributed by atoms with E-state index in [2.05, 4.69) is 51.8 Å². The average Bonchev–Trinajstić information content (AvgIpc) is 2.33. The van der Waals surface area contributed by atoms with Crippen LogP contribution < -0.4 is 14.8 Å². The smallest absolute Gasteiger partial charge is 0.213 e. The van der Waals surface area contributed by atoms with E-state index in [0.717, 1.165) is 18.6 Å². The Bertz CT molecular complexity index is 465. The summed E-state index contributed by atoms with van der Waals surface area (Å²) < 4.78 is 11.6.